The first-order chi connectivity index (χ1) is 8.69. The van der Waals surface area contributed by atoms with E-state index >= 15 is 0 Å². The molecule has 0 aliphatic heterocycles. The lowest BCUT2D eigenvalue weighted by Gasteiger charge is -2.12. The summed E-state index contributed by atoms with van der Waals surface area (Å²) in [5.74, 6) is 1.42. The van der Waals surface area contributed by atoms with Gasteiger partial charge < -0.3 is 10.6 Å². The molecule has 0 atom stereocenters. The Hall–Kier alpha value is -2.17. The third kappa shape index (κ3) is 2.94. The van der Waals surface area contributed by atoms with Crippen molar-refractivity contribution in [1.82, 2.24) is 15.0 Å². The summed E-state index contributed by atoms with van der Waals surface area (Å²) in [6, 6.07) is 6.13. The zero-order valence-electron chi connectivity index (χ0n) is 10.8. The summed E-state index contributed by atoms with van der Waals surface area (Å²) in [5, 5.41) is 6.26. The van der Waals surface area contributed by atoms with Gasteiger partial charge in [0.05, 0.1) is 5.69 Å². The lowest BCUT2D eigenvalue weighted by atomic mass is 10.2. The summed E-state index contributed by atoms with van der Waals surface area (Å²) in [6.45, 7) is 4.15. The van der Waals surface area contributed by atoms with Crippen molar-refractivity contribution in [2.75, 3.05) is 17.7 Å². The van der Waals surface area contributed by atoms with Crippen LogP contribution in [0.4, 0.5) is 11.8 Å². The van der Waals surface area contributed by atoms with Gasteiger partial charge >= 0.3 is 0 Å². The van der Waals surface area contributed by atoms with Crippen LogP contribution in [0.25, 0.3) is 11.3 Å². The van der Waals surface area contributed by atoms with E-state index in [1.807, 2.05) is 25.2 Å². The molecule has 2 heterocycles. The summed E-state index contributed by atoms with van der Waals surface area (Å²) >= 11 is 0. The van der Waals surface area contributed by atoms with E-state index in [4.69, 9.17) is 0 Å². The van der Waals surface area contributed by atoms with Crippen molar-refractivity contribution in [3.63, 3.8) is 0 Å². The largest absolute Gasteiger partial charge is 0.368 e. The summed E-state index contributed by atoms with van der Waals surface area (Å²) in [7, 11) is 1.81. The minimum atomic E-state index is 0.329. The molecule has 0 unspecified atom stereocenters. The molecule has 2 aromatic rings. The molecule has 0 aliphatic carbocycles. The van der Waals surface area contributed by atoms with Gasteiger partial charge in [0.25, 0.3) is 0 Å². The van der Waals surface area contributed by atoms with Crippen LogP contribution < -0.4 is 10.6 Å². The molecule has 5 heteroatoms. The third-order valence-corrected chi connectivity index (χ3v) is 2.36. The van der Waals surface area contributed by atoms with Crippen molar-refractivity contribution >= 4 is 11.8 Å². The SMILES string of the molecule is CNc1nc(NC(C)C)cc(-c2ccncc2)n1. The zero-order chi connectivity index (χ0) is 13.0. The Morgan fingerprint density at radius 3 is 2.44 bits per heavy atom. The van der Waals surface area contributed by atoms with Crippen LogP contribution in [0.3, 0.4) is 0 Å². The van der Waals surface area contributed by atoms with Gasteiger partial charge in [-0.3, -0.25) is 4.98 Å². The van der Waals surface area contributed by atoms with Gasteiger partial charge in [-0.05, 0) is 26.0 Å². The maximum atomic E-state index is 4.44. The average molecular weight is 243 g/mol. The van der Waals surface area contributed by atoms with Gasteiger partial charge in [-0.15, -0.1) is 0 Å². The number of rotatable bonds is 4. The van der Waals surface area contributed by atoms with Gasteiger partial charge in [0.2, 0.25) is 5.95 Å². The number of aromatic nitrogens is 3. The molecule has 0 spiro atoms. The topological polar surface area (TPSA) is 62.7 Å². The molecule has 0 saturated heterocycles. The molecule has 5 nitrogen and oxygen atoms in total. The van der Waals surface area contributed by atoms with Crippen LogP contribution in [0.2, 0.25) is 0 Å². The Bertz CT molecular complexity index is 510. The zero-order valence-corrected chi connectivity index (χ0v) is 10.8. The molecule has 0 fully saturated rings. The van der Waals surface area contributed by atoms with Gasteiger partial charge in [0.15, 0.2) is 0 Å². The van der Waals surface area contributed by atoms with E-state index in [9.17, 15) is 0 Å². The van der Waals surface area contributed by atoms with Crippen LogP contribution in [0, 0.1) is 0 Å². The molecule has 0 saturated carbocycles. The summed E-state index contributed by atoms with van der Waals surface area (Å²) in [4.78, 5) is 12.8. The molecule has 0 amide bonds. The fourth-order valence-corrected chi connectivity index (χ4v) is 1.60. The highest BCUT2D eigenvalue weighted by Crippen LogP contribution is 2.20. The van der Waals surface area contributed by atoms with Crippen LogP contribution in [-0.2, 0) is 0 Å². The fraction of sp³-hybridized carbons (Fsp3) is 0.308. The monoisotopic (exact) mass is 243 g/mol. The van der Waals surface area contributed by atoms with Gasteiger partial charge in [0.1, 0.15) is 5.82 Å². The Morgan fingerprint density at radius 2 is 1.83 bits per heavy atom. The first kappa shape index (κ1) is 12.3. The van der Waals surface area contributed by atoms with Crippen molar-refractivity contribution in [2.24, 2.45) is 0 Å². The van der Waals surface area contributed by atoms with Crippen LogP contribution >= 0.6 is 0 Å². The first-order valence-corrected chi connectivity index (χ1v) is 5.93. The molecular weight excluding hydrogens is 226 g/mol. The van der Waals surface area contributed by atoms with Gasteiger partial charge in [-0.25, -0.2) is 4.98 Å². The van der Waals surface area contributed by atoms with E-state index in [1.165, 1.54) is 0 Å². The van der Waals surface area contributed by atoms with E-state index < -0.39 is 0 Å². The standard InChI is InChI=1S/C13H17N5/c1-9(2)16-12-8-11(17-13(14-3)18-12)10-4-6-15-7-5-10/h4-9H,1-3H3,(H2,14,16,17,18). The lowest BCUT2D eigenvalue weighted by Crippen LogP contribution is -2.12. The molecule has 18 heavy (non-hydrogen) atoms. The normalized spacial score (nSPS) is 10.4. The summed E-state index contributed by atoms with van der Waals surface area (Å²) in [6.07, 6.45) is 3.51. The molecule has 2 rings (SSSR count). The smallest absolute Gasteiger partial charge is 0.224 e. The highest BCUT2D eigenvalue weighted by Gasteiger charge is 2.06. The van der Waals surface area contributed by atoms with Crippen LogP contribution in [0.5, 0.6) is 0 Å². The van der Waals surface area contributed by atoms with Crippen LogP contribution in [0.15, 0.2) is 30.6 Å². The minimum Gasteiger partial charge on any atom is -0.368 e. The van der Waals surface area contributed by atoms with E-state index in [0.717, 1.165) is 17.1 Å². The fourth-order valence-electron chi connectivity index (χ4n) is 1.60. The molecule has 2 aromatic heterocycles. The van der Waals surface area contributed by atoms with E-state index in [2.05, 4.69) is 39.4 Å². The molecular formula is C13H17N5. The number of pyridine rings is 1. The number of nitrogens with zero attached hydrogens (tertiary/aromatic N) is 3. The Kier molecular flexibility index (Phi) is 3.72. The Balaban J connectivity index is 2.41. The van der Waals surface area contributed by atoms with Crippen molar-refractivity contribution < 1.29 is 0 Å². The van der Waals surface area contributed by atoms with Crippen molar-refractivity contribution in [3.05, 3.63) is 30.6 Å². The van der Waals surface area contributed by atoms with Crippen LogP contribution in [-0.4, -0.2) is 28.0 Å². The van der Waals surface area contributed by atoms with Gasteiger partial charge in [-0.2, -0.15) is 4.98 Å². The molecule has 0 aromatic carbocycles. The van der Waals surface area contributed by atoms with E-state index in [-0.39, 0.29) is 0 Å². The number of hydrogen-bond acceptors (Lipinski definition) is 5. The first-order valence-electron chi connectivity index (χ1n) is 5.93. The number of hydrogen-bond donors (Lipinski definition) is 2. The number of nitrogens with one attached hydrogen (secondary N) is 2. The van der Waals surface area contributed by atoms with Crippen molar-refractivity contribution in [3.8, 4) is 11.3 Å². The maximum absolute atomic E-state index is 4.44. The molecule has 94 valence electrons. The molecule has 2 N–H and O–H groups in total. The maximum Gasteiger partial charge on any atom is 0.224 e. The van der Waals surface area contributed by atoms with Crippen molar-refractivity contribution in [2.45, 2.75) is 19.9 Å². The van der Waals surface area contributed by atoms with E-state index in [0.29, 0.717) is 12.0 Å². The Morgan fingerprint density at radius 1 is 1.11 bits per heavy atom. The molecule has 0 radical (unpaired) electrons. The lowest BCUT2D eigenvalue weighted by molar-refractivity contribution is 0.887. The molecule has 0 aliphatic rings. The van der Waals surface area contributed by atoms with Gasteiger partial charge in [0, 0.05) is 37.1 Å². The summed E-state index contributed by atoms with van der Waals surface area (Å²) < 4.78 is 0. The van der Waals surface area contributed by atoms with Gasteiger partial charge in [-0.1, -0.05) is 0 Å². The highest BCUT2D eigenvalue weighted by molar-refractivity contribution is 5.63. The second kappa shape index (κ2) is 5.44. The van der Waals surface area contributed by atoms with E-state index in [1.54, 1.807) is 12.4 Å². The second-order valence-corrected chi connectivity index (χ2v) is 4.25. The van der Waals surface area contributed by atoms with Crippen LogP contribution in [0.1, 0.15) is 13.8 Å². The molecule has 0 bridgehead atoms. The highest BCUT2D eigenvalue weighted by atomic mass is 15.1. The Labute approximate surface area is 107 Å². The summed E-state index contributed by atoms with van der Waals surface area (Å²) in [5.41, 5.74) is 1.90. The van der Waals surface area contributed by atoms with Crippen molar-refractivity contribution in [1.29, 1.82) is 0 Å². The quantitative estimate of drug-likeness (QED) is 0.863. The third-order valence-electron chi connectivity index (χ3n) is 2.36. The second-order valence-electron chi connectivity index (χ2n) is 4.25. The number of anilines is 2. The predicted molar refractivity (Wildman–Crippen MR) is 73.6 cm³/mol. The average Bonchev–Trinajstić information content (AvgIpc) is 2.38. The minimum absolute atomic E-state index is 0.329. The predicted octanol–water partition coefficient (Wildman–Crippen LogP) is 2.40.